The molecule has 0 radical (unpaired) electrons. The van der Waals surface area contributed by atoms with Gasteiger partial charge in [-0.25, -0.2) is 0 Å². The second-order valence-electron chi connectivity index (χ2n) is 8.81. The number of halogens is 1. The van der Waals surface area contributed by atoms with E-state index in [2.05, 4.69) is 22.0 Å². The first-order chi connectivity index (χ1) is 15.1. The molecular weight excluding hydrogens is 472 g/mol. The molecule has 4 rings (SSSR count). The average molecular weight is 493 g/mol. The van der Waals surface area contributed by atoms with E-state index in [1.54, 1.807) is 17.0 Å². The number of benzene rings is 2. The Bertz CT molecular complexity index is 1240. The lowest BCUT2D eigenvalue weighted by Crippen LogP contribution is -2.42. The number of hydrogen-bond donors (Lipinski definition) is 1. The highest BCUT2D eigenvalue weighted by Crippen LogP contribution is 2.50. The largest absolute Gasteiger partial charge is 0.384 e. The molecule has 0 saturated carbocycles. The summed E-state index contributed by atoms with van der Waals surface area (Å²) in [7, 11) is 0. The number of carbonyl (C=O) groups is 1. The van der Waals surface area contributed by atoms with Crippen LogP contribution in [0.15, 0.2) is 75.7 Å². The lowest BCUT2D eigenvalue weighted by atomic mass is 9.68. The summed E-state index contributed by atoms with van der Waals surface area (Å²) in [6, 6.07) is 15.7. The summed E-state index contributed by atoms with van der Waals surface area (Å²) in [6.45, 7) is 4.05. The Morgan fingerprint density at radius 1 is 1.22 bits per heavy atom. The summed E-state index contributed by atoms with van der Waals surface area (Å²) in [4.78, 5) is 26.1. The Morgan fingerprint density at radius 3 is 2.53 bits per heavy atom. The maximum atomic E-state index is 13.4. The van der Waals surface area contributed by atoms with E-state index in [1.807, 2.05) is 38.1 Å². The Morgan fingerprint density at radius 2 is 1.91 bits per heavy atom. The summed E-state index contributed by atoms with van der Waals surface area (Å²) in [5.74, 6) is -0.587. The van der Waals surface area contributed by atoms with E-state index >= 15 is 0 Å². The van der Waals surface area contributed by atoms with Gasteiger partial charge in [0.25, 0.3) is 5.69 Å². The van der Waals surface area contributed by atoms with Crippen LogP contribution in [0.25, 0.3) is 0 Å². The Labute approximate surface area is 194 Å². The fourth-order valence-electron chi connectivity index (χ4n) is 4.55. The number of Topliss-reactive ketones (excluding diaryl/α,β-unsaturated/α-hetero) is 1. The second-order valence-corrected chi connectivity index (χ2v) is 9.72. The van der Waals surface area contributed by atoms with Crippen LogP contribution in [0.5, 0.6) is 0 Å². The lowest BCUT2D eigenvalue weighted by molar-refractivity contribution is -0.384. The lowest BCUT2D eigenvalue weighted by Gasteiger charge is -2.43. The van der Waals surface area contributed by atoms with Crippen molar-refractivity contribution in [2.24, 2.45) is 11.1 Å². The van der Waals surface area contributed by atoms with Gasteiger partial charge in [0.05, 0.1) is 22.5 Å². The Balaban J connectivity index is 1.99. The third kappa shape index (κ3) is 3.69. The average Bonchev–Trinajstić information content (AvgIpc) is 2.73. The molecule has 2 aliphatic rings. The maximum Gasteiger partial charge on any atom is 0.269 e. The van der Waals surface area contributed by atoms with E-state index in [9.17, 15) is 20.2 Å². The molecule has 0 spiro atoms. The Kier molecular flexibility index (Phi) is 5.39. The van der Waals surface area contributed by atoms with Gasteiger partial charge in [0.2, 0.25) is 0 Å². The van der Waals surface area contributed by atoms with Gasteiger partial charge in [0, 0.05) is 40.0 Å². The highest BCUT2D eigenvalue weighted by atomic mass is 79.9. The summed E-state index contributed by atoms with van der Waals surface area (Å²) in [5.41, 5.74) is 8.86. The van der Waals surface area contributed by atoms with Crippen molar-refractivity contribution in [1.82, 2.24) is 0 Å². The molecule has 1 aliphatic heterocycles. The number of rotatable bonds is 3. The van der Waals surface area contributed by atoms with E-state index < -0.39 is 10.8 Å². The summed E-state index contributed by atoms with van der Waals surface area (Å²) < 4.78 is 0.894. The molecular formula is C24H21BrN4O3. The number of allylic oxidation sites excluding steroid dienone is 3. The first-order valence-electron chi connectivity index (χ1n) is 10.1. The van der Waals surface area contributed by atoms with Crippen LogP contribution in [0.2, 0.25) is 0 Å². The smallest absolute Gasteiger partial charge is 0.269 e. The maximum absolute atomic E-state index is 13.4. The van der Waals surface area contributed by atoms with Gasteiger partial charge in [0.15, 0.2) is 5.78 Å². The standard InChI is InChI=1S/C24H21BrN4O3/c1-24(2)11-19-22(20(30)12-24)21(14-4-3-5-17(10-14)29(31)32)18(13-26)23(27)28(19)16-8-6-15(25)7-9-16/h3-10,21H,11-12,27H2,1-2H3. The van der Waals surface area contributed by atoms with Gasteiger partial charge in [-0.1, -0.05) is 41.9 Å². The highest BCUT2D eigenvalue weighted by molar-refractivity contribution is 9.10. The van der Waals surface area contributed by atoms with Gasteiger partial charge in [-0.3, -0.25) is 19.8 Å². The number of ketones is 1. The van der Waals surface area contributed by atoms with Crippen molar-refractivity contribution in [3.8, 4) is 6.07 Å². The number of nitrogens with zero attached hydrogens (tertiary/aromatic N) is 3. The minimum Gasteiger partial charge on any atom is -0.384 e. The molecule has 0 aromatic heterocycles. The van der Waals surface area contributed by atoms with Crippen LogP contribution in [-0.2, 0) is 4.79 Å². The number of nitriles is 1. The van der Waals surface area contributed by atoms with Gasteiger partial charge >= 0.3 is 0 Å². The quantitative estimate of drug-likeness (QED) is 0.459. The molecule has 2 N–H and O–H groups in total. The minimum atomic E-state index is -0.745. The molecule has 1 heterocycles. The normalized spacial score (nSPS) is 20.1. The third-order valence-corrected chi connectivity index (χ3v) is 6.41. The fourth-order valence-corrected chi connectivity index (χ4v) is 4.81. The molecule has 7 nitrogen and oxygen atoms in total. The van der Waals surface area contributed by atoms with E-state index in [0.717, 1.165) is 15.9 Å². The molecule has 1 atom stereocenters. The topological polar surface area (TPSA) is 113 Å². The molecule has 1 aliphatic carbocycles. The molecule has 32 heavy (non-hydrogen) atoms. The predicted octanol–water partition coefficient (Wildman–Crippen LogP) is 5.30. The van der Waals surface area contributed by atoms with Crippen LogP contribution in [0.4, 0.5) is 11.4 Å². The molecule has 2 aromatic rings. The predicted molar refractivity (Wildman–Crippen MR) is 124 cm³/mol. The summed E-state index contributed by atoms with van der Waals surface area (Å²) in [5, 5.41) is 21.4. The summed E-state index contributed by atoms with van der Waals surface area (Å²) >= 11 is 3.43. The molecule has 2 aromatic carbocycles. The minimum absolute atomic E-state index is 0.0740. The van der Waals surface area contributed by atoms with Crippen molar-refractivity contribution < 1.29 is 9.72 Å². The first-order valence-corrected chi connectivity index (χ1v) is 10.9. The third-order valence-electron chi connectivity index (χ3n) is 5.88. The fraction of sp³-hybridized carbons (Fsp3) is 0.250. The number of carbonyl (C=O) groups excluding carboxylic acids is 1. The number of nitro groups is 1. The van der Waals surface area contributed by atoms with Crippen LogP contribution in [-0.4, -0.2) is 10.7 Å². The van der Waals surface area contributed by atoms with Crippen molar-refractivity contribution in [2.45, 2.75) is 32.6 Å². The Hall–Kier alpha value is -3.44. The van der Waals surface area contributed by atoms with Crippen LogP contribution in [0, 0.1) is 26.9 Å². The number of nitrogens with two attached hydrogens (primary N) is 1. The van der Waals surface area contributed by atoms with Crippen molar-refractivity contribution in [3.05, 3.63) is 91.3 Å². The molecule has 1 unspecified atom stereocenters. The number of nitro benzene ring substituents is 1. The van der Waals surface area contributed by atoms with E-state index in [-0.39, 0.29) is 28.3 Å². The first kappa shape index (κ1) is 21.8. The van der Waals surface area contributed by atoms with Crippen LogP contribution >= 0.6 is 15.9 Å². The zero-order valence-electron chi connectivity index (χ0n) is 17.6. The number of non-ortho nitro benzene ring substituents is 1. The number of anilines is 1. The molecule has 162 valence electrons. The van der Waals surface area contributed by atoms with Gasteiger partial charge < -0.3 is 5.73 Å². The van der Waals surface area contributed by atoms with Gasteiger partial charge in [-0.2, -0.15) is 5.26 Å². The monoisotopic (exact) mass is 492 g/mol. The van der Waals surface area contributed by atoms with Crippen LogP contribution < -0.4 is 10.6 Å². The molecule has 8 heteroatoms. The van der Waals surface area contributed by atoms with Gasteiger partial charge in [0.1, 0.15) is 5.82 Å². The van der Waals surface area contributed by atoms with Crippen molar-refractivity contribution in [1.29, 1.82) is 5.26 Å². The number of hydrogen-bond acceptors (Lipinski definition) is 6. The van der Waals surface area contributed by atoms with Crippen LogP contribution in [0.1, 0.15) is 38.2 Å². The molecule has 0 fully saturated rings. The van der Waals surface area contributed by atoms with E-state index in [0.29, 0.717) is 24.0 Å². The zero-order valence-corrected chi connectivity index (χ0v) is 19.2. The van der Waals surface area contributed by atoms with Gasteiger partial charge in [-0.05, 0) is 41.7 Å². The van der Waals surface area contributed by atoms with Crippen molar-refractivity contribution in [2.75, 3.05) is 4.90 Å². The zero-order chi connectivity index (χ0) is 23.2. The van der Waals surface area contributed by atoms with E-state index in [4.69, 9.17) is 5.73 Å². The molecule has 0 saturated heterocycles. The van der Waals surface area contributed by atoms with Crippen molar-refractivity contribution in [3.63, 3.8) is 0 Å². The summed E-state index contributed by atoms with van der Waals surface area (Å²) in [6.07, 6.45) is 0.902. The molecule has 0 bridgehead atoms. The van der Waals surface area contributed by atoms with Crippen LogP contribution in [0.3, 0.4) is 0 Å². The SMILES string of the molecule is CC1(C)CC(=O)C2=C(C1)N(c1ccc(Br)cc1)C(N)=C(C#N)C2c1cccc([N+](=O)[O-])c1. The van der Waals surface area contributed by atoms with E-state index in [1.165, 1.54) is 12.1 Å². The highest BCUT2D eigenvalue weighted by Gasteiger charge is 2.44. The second kappa shape index (κ2) is 7.92. The van der Waals surface area contributed by atoms with Gasteiger partial charge in [-0.15, -0.1) is 0 Å². The van der Waals surface area contributed by atoms with Crippen molar-refractivity contribution >= 4 is 33.1 Å². The molecule has 0 amide bonds.